The summed E-state index contributed by atoms with van der Waals surface area (Å²) in [5.41, 5.74) is 0. The molecule has 2 N–H and O–H groups in total. The first-order chi connectivity index (χ1) is 4.45. The van der Waals surface area contributed by atoms with Crippen LogP contribution in [-0.4, -0.2) is 80.8 Å². The summed E-state index contributed by atoms with van der Waals surface area (Å²) in [5.74, 6) is -0.521. The molecule has 0 aliphatic carbocycles. The van der Waals surface area contributed by atoms with Crippen LogP contribution < -0.4 is 5.32 Å². The minimum Gasteiger partial charge on any atom is -0.355 e. The molecule has 11 heavy (non-hydrogen) atoms. The molecule has 0 fully saturated rings. The van der Waals surface area contributed by atoms with E-state index in [0.29, 0.717) is 4.32 Å². The van der Waals surface area contributed by atoms with Gasteiger partial charge in [-0.15, -0.1) is 11.8 Å². The smallest absolute Gasteiger partial charge is 0.283 e. The Morgan fingerprint density at radius 1 is 1.73 bits per heavy atom. The Kier molecular flexibility index (Phi) is 10.0. The number of hydrogen-bond acceptors (Lipinski definition) is 4. The van der Waals surface area contributed by atoms with Crippen LogP contribution in [0.3, 0.4) is 0 Å². The molecule has 4 nitrogen and oxygen atoms in total. The first-order valence-corrected chi connectivity index (χ1v) is 5.47. The van der Waals surface area contributed by atoms with Crippen molar-refractivity contribution in [3.8, 4) is 0 Å². The molecule has 0 saturated heterocycles. The van der Waals surface area contributed by atoms with Gasteiger partial charge in [0, 0.05) is 51.4 Å². The van der Waals surface area contributed by atoms with E-state index in [1.807, 2.05) is 0 Å². The molecule has 0 aromatic rings. The molecular formula is C3H7KNO3S3. The van der Waals surface area contributed by atoms with Gasteiger partial charge in [0.1, 0.15) is 10.2 Å². The van der Waals surface area contributed by atoms with Crippen LogP contribution in [0.1, 0.15) is 0 Å². The quantitative estimate of drug-likeness (QED) is 0.392. The summed E-state index contributed by atoms with van der Waals surface area (Å²) in [6, 6.07) is 0. The van der Waals surface area contributed by atoms with E-state index in [4.69, 9.17) is 4.55 Å². The Balaban J connectivity index is 0. The fraction of sp³-hybridized carbons (Fsp3) is 0.667. The molecule has 8 heteroatoms. The molecule has 1 radical (unpaired) electrons. The number of nitrogens with one attached hydrogen (secondary N) is 1. The standard InChI is InChI=1S/C3H7NO3S3.K/c1-9-3(8)4-2-10(5,6)7;/h2H2,1H3,(H,4,8)(H,5,6,7);. The van der Waals surface area contributed by atoms with Gasteiger partial charge in [0.2, 0.25) is 0 Å². The molecule has 0 aliphatic heterocycles. The molecule has 0 aromatic heterocycles. The molecule has 0 rings (SSSR count). The maximum atomic E-state index is 10.1. The van der Waals surface area contributed by atoms with Crippen molar-refractivity contribution in [1.29, 1.82) is 0 Å². The van der Waals surface area contributed by atoms with Crippen LogP contribution in [0.5, 0.6) is 0 Å². The van der Waals surface area contributed by atoms with Crippen LogP contribution in [0, 0.1) is 0 Å². The van der Waals surface area contributed by atoms with E-state index in [2.05, 4.69) is 17.5 Å². The van der Waals surface area contributed by atoms with Gasteiger partial charge in [-0.2, -0.15) is 8.42 Å². The van der Waals surface area contributed by atoms with Crippen LogP contribution in [0.15, 0.2) is 0 Å². The molecule has 0 atom stereocenters. The molecule has 0 aliphatic rings. The monoisotopic (exact) mass is 240 g/mol. The van der Waals surface area contributed by atoms with Gasteiger partial charge in [0.05, 0.1) is 0 Å². The Labute approximate surface area is 118 Å². The minimum absolute atomic E-state index is 0. The zero-order valence-corrected chi connectivity index (χ0v) is 11.8. The number of rotatable bonds is 2. The second kappa shape index (κ2) is 7.21. The van der Waals surface area contributed by atoms with Crippen molar-refractivity contribution in [2.45, 2.75) is 0 Å². The molecule has 0 spiro atoms. The molecule has 0 unspecified atom stereocenters. The van der Waals surface area contributed by atoms with Crippen molar-refractivity contribution in [3.05, 3.63) is 0 Å². The van der Waals surface area contributed by atoms with Gasteiger partial charge in [0.25, 0.3) is 10.1 Å². The summed E-state index contributed by atoms with van der Waals surface area (Å²) >= 11 is 5.81. The first kappa shape index (κ1) is 15.3. The normalized spacial score (nSPS) is 10.0. The van der Waals surface area contributed by atoms with Gasteiger partial charge < -0.3 is 5.32 Å². The molecule has 0 saturated carbocycles. The van der Waals surface area contributed by atoms with Crippen LogP contribution >= 0.6 is 24.0 Å². The van der Waals surface area contributed by atoms with Crippen LogP contribution in [0.4, 0.5) is 0 Å². The molecule has 0 bridgehead atoms. The van der Waals surface area contributed by atoms with E-state index in [0.717, 1.165) is 0 Å². The molecule has 0 heterocycles. The van der Waals surface area contributed by atoms with Gasteiger partial charge in [-0.1, -0.05) is 12.2 Å². The van der Waals surface area contributed by atoms with Crippen molar-refractivity contribution in [3.63, 3.8) is 0 Å². The van der Waals surface area contributed by atoms with E-state index in [9.17, 15) is 8.42 Å². The fourth-order valence-corrected chi connectivity index (χ4v) is 1.02. The summed E-state index contributed by atoms with van der Waals surface area (Å²) in [5, 5.41) is 2.33. The molecular weight excluding hydrogens is 233 g/mol. The van der Waals surface area contributed by atoms with E-state index >= 15 is 0 Å². The van der Waals surface area contributed by atoms with Crippen molar-refractivity contribution in [2.75, 3.05) is 12.1 Å². The molecule has 61 valence electrons. The van der Waals surface area contributed by atoms with E-state index in [1.165, 1.54) is 11.8 Å². The Morgan fingerprint density at radius 2 is 2.18 bits per heavy atom. The Morgan fingerprint density at radius 3 is 2.45 bits per heavy atom. The third-order valence-corrected chi connectivity index (χ3v) is 2.25. The average molecular weight is 240 g/mol. The van der Waals surface area contributed by atoms with E-state index in [1.54, 1.807) is 6.26 Å². The summed E-state index contributed by atoms with van der Waals surface area (Å²) in [4.78, 5) is 0. The third-order valence-electron chi connectivity index (χ3n) is 0.584. The van der Waals surface area contributed by atoms with Gasteiger partial charge >= 0.3 is 0 Å². The van der Waals surface area contributed by atoms with Crippen molar-refractivity contribution >= 4 is 89.8 Å². The zero-order chi connectivity index (χ0) is 8.20. The largest absolute Gasteiger partial charge is 0.355 e. The predicted octanol–water partition coefficient (Wildman–Crippen LogP) is -0.312. The van der Waals surface area contributed by atoms with Gasteiger partial charge in [-0.3, -0.25) is 4.55 Å². The summed E-state index contributed by atoms with van der Waals surface area (Å²) in [6.45, 7) is 0. The fourth-order valence-electron chi connectivity index (χ4n) is 0.222. The van der Waals surface area contributed by atoms with Crippen molar-refractivity contribution in [1.82, 2.24) is 5.32 Å². The number of hydrogen-bond donors (Lipinski definition) is 2. The maximum Gasteiger partial charge on any atom is 0.283 e. The SMILES string of the molecule is CSC(=S)NCS(=O)(=O)O.[K]. The molecule has 0 amide bonds. The van der Waals surface area contributed by atoms with Crippen molar-refractivity contribution in [2.24, 2.45) is 0 Å². The van der Waals surface area contributed by atoms with Gasteiger partial charge in [0.15, 0.2) is 0 Å². The summed E-state index contributed by atoms with van der Waals surface area (Å²) in [6.07, 6.45) is 1.71. The second-order valence-corrected chi connectivity index (χ2v) is 4.33. The van der Waals surface area contributed by atoms with Crippen molar-refractivity contribution < 1.29 is 13.0 Å². The topological polar surface area (TPSA) is 66.4 Å². The Hall–Kier alpha value is 1.79. The summed E-state index contributed by atoms with van der Waals surface area (Å²) in [7, 11) is -3.94. The number of thiocarbonyl (C=S) groups is 1. The average Bonchev–Trinajstić information content (AvgIpc) is 1.81. The third kappa shape index (κ3) is 11.8. The van der Waals surface area contributed by atoms with Crippen LogP contribution in [0.25, 0.3) is 0 Å². The Bertz CT molecular complexity index is 214. The second-order valence-electron chi connectivity index (χ2n) is 1.39. The maximum absolute atomic E-state index is 10.1. The minimum atomic E-state index is -3.94. The van der Waals surface area contributed by atoms with Gasteiger partial charge in [-0.25, -0.2) is 0 Å². The van der Waals surface area contributed by atoms with Gasteiger partial charge in [-0.05, 0) is 6.26 Å². The zero-order valence-electron chi connectivity index (χ0n) is 6.20. The summed E-state index contributed by atoms with van der Waals surface area (Å²) < 4.78 is 28.7. The first-order valence-electron chi connectivity index (χ1n) is 2.22. The predicted molar refractivity (Wildman–Crippen MR) is 51.4 cm³/mol. The van der Waals surface area contributed by atoms with Crippen LogP contribution in [-0.2, 0) is 10.1 Å². The van der Waals surface area contributed by atoms with E-state index in [-0.39, 0.29) is 51.4 Å². The van der Waals surface area contributed by atoms with E-state index < -0.39 is 16.0 Å². The number of thioether (sulfide) groups is 1. The van der Waals surface area contributed by atoms with Crippen LogP contribution in [0.2, 0.25) is 0 Å². The molecule has 0 aromatic carbocycles.